The van der Waals surface area contributed by atoms with Crippen LogP contribution >= 0.6 is 15.9 Å². The van der Waals surface area contributed by atoms with Gasteiger partial charge in [0.25, 0.3) is 0 Å². The highest BCUT2D eigenvalue weighted by molar-refractivity contribution is 9.10. The van der Waals surface area contributed by atoms with Crippen LogP contribution in [0.15, 0.2) is 0 Å². The molecule has 70 valence electrons. The third kappa shape index (κ3) is 2.45. The summed E-state index contributed by atoms with van der Waals surface area (Å²) in [7, 11) is 0. The van der Waals surface area contributed by atoms with Crippen molar-refractivity contribution in [3.63, 3.8) is 0 Å². The number of alkyl halides is 1. The van der Waals surface area contributed by atoms with Crippen LogP contribution in [0.4, 0.5) is 0 Å². The maximum Gasteiger partial charge on any atom is 0.233 e. The van der Waals surface area contributed by atoms with Crippen LogP contribution in [-0.4, -0.2) is 30.5 Å². The summed E-state index contributed by atoms with van der Waals surface area (Å²) in [5, 5.41) is 2.86. The average Bonchev–Trinajstić information content (AvgIpc) is 1.96. The Balaban J connectivity index is 2.21. The molecule has 1 aliphatic heterocycles. The lowest BCUT2D eigenvalue weighted by Gasteiger charge is -2.38. The summed E-state index contributed by atoms with van der Waals surface area (Å²) in [4.78, 5) is 11.0. The number of hydrogen-bond donors (Lipinski definition) is 1. The minimum Gasteiger partial charge on any atom is -0.380 e. The molecule has 0 aromatic rings. The van der Waals surface area contributed by atoms with Gasteiger partial charge < -0.3 is 10.1 Å². The van der Waals surface area contributed by atoms with Crippen LogP contribution in [0.1, 0.15) is 13.8 Å². The molecule has 0 aromatic carbocycles. The van der Waals surface area contributed by atoms with Gasteiger partial charge in [-0.05, 0) is 6.92 Å². The Morgan fingerprint density at radius 3 is 2.67 bits per heavy atom. The monoisotopic (exact) mass is 235 g/mol. The van der Waals surface area contributed by atoms with Gasteiger partial charge in [-0.2, -0.15) is 0 Å². The van der Waals surface area contributed by atoms with Crippen LogP contribution < -0.4 is 5.32 Å². The highest BCUT2D eigenvalue weighted by Gasteiger charge is 2.33. The molecule has 1 atom stereocenters. The van der Waals surface area contributed by atoms with Crippen molar-refractivity contribution in [1.82, 2.24) is 5.32 Å². The van der Waals surface area contributed by atoms with Gasteiger partial charge in [-0.15, -0.1) is 0 Å². The molecule has 3 nitrogen and oxygen atoms in total. The summed E-state index contributed by atoms with van der Waals surface area (Å²) in [6.45, 7) is 6.14. The van der Waals surface area contributed by atoms with Crippen LogP contribution in [0.3, 0.4) is 0 Å². The van der Waals surface area contributed by atoms with Gasteiger partial charge in [-0.25, -0.2) is 0 Å². The first-order valence-corrected chi connectivity index (χ1v) is 4.95. The Hall–Kier alpha value is -0.0900. The SMILES string of the molecule is CC(Br)C(=O)NCC1(C)COC1. The van der Waals surface area contributed by atoms with E-state index in [1.165, 1.54) is 0 Å². The molecule has 12 heavy (non-hydrogen) atoms. The van der Waals surface area contributed by atoms with Crippen LogP contribution in [0.25, 0.3) is 0 Å². The zero-order valence-corrected chi connectivity index (χ0v) is 8.98. The molecular formula is C8H14BrNO2. The summed E-state index contributed by atoms with van der Waals surface area (Å²) >= 11 is 3.20. The Morgan fingerprint density at radius 1 is 1.75 bits per heavy atom. The number of ether oxygens (including phenoxy) is 1. The number of amides is 1. The summed E-state index contributed by atoms with van der Waals surface area (Å²) < 4.78 is 5.07. The second-order valence-corrected chi connectivity index (χ2v) is 5.01. The van der Waals surface area contributed by atoms with Crippen LogP contribution in [0.2, 0.25) is 0 Å². The fourth-order valence-corrected chi connectivity index (χ4v) is 1.16. The summed E-state index contributed by atoms with van der Waals surface area (Å²) in [6.07, 6.45) is 0. The van der Waals surface area contributed by atoms with Crippen LogP contribution in [0, 0.1) is 5.41 Å². The van der Waals surface area contributed by atoms with Crippen molar-refractivity contribution < 1.29 is 9.53 Å². The van der Waals surface area contributed by atoms with E-state index in [0.29, 0.717) is 6.54 Å². The lowest BCUT2D eigenvalue weighted by atomic mass is 9.89. The maximum absolute atomic E-state index is 11.1. The molecule has 0 bridgehead atoms. The van der Waals surface area contributed by atoms with Gasteiger partial charge in [0.15, 0.2) is 0 Å². The highest BCUT2D eigenvalue weighted by atomic mass is 79.9. The van der Waals surface area contributed by atoms with Crippen molar-refractivity contribution in [2.45, 2.75) is 18.7 Å². The van der Waals surface area contributed by atoms with E-state index in [0.717, 1.165) is 13.2 Å². The highest BCUT2D eigenvalue weighted by Crippen LogP contribution is 2.25. The molecule has 4 heteroatoms. The minimum absolute atomic E-state index is 0.0446. The van der Waals surface area contributed by atoms with Gasteiger partial charge in [0.2, 0.25) is 5.91 Å². The lowest BCUT2D eigenvalue weighted by Crippen LogP contribution is -2.49. The second kappa shape index (κ2) is 3.75. The standard InChI is InChI=1S/C8H14BrNO2/c1-6(9)7(11)10-3-8(2)4-12-5-8/h6H,3-5H2,1-2H3,(H,10,11). The van der Waals surface area contributed by atoms with Gasteiger partial charge in [-0.1, -0.05) is 22.9 Å². The fraction of sp³-hybridized carbons (Fsp3) is 0.875. The van der Waals surface area contributed by atoms with E-state index in [1.54, 1.807) is 0 Å². The smallest absolute Gasteiger partial charge is 0.233 e. The van der Waals surface area contributed by atoms with E-state index in [9.17, 15) is 4.79 Å². The Labute approximate surface area is 81.0 Å². The minimum atomic E-state index is -0.109. The molecule has 0 aromatic heterocycles. The third-order valence-corrected chi connectivity index (χ3v) is 2.37. The van der Waals surface area contributed by atoms with Crippen LogP contribution in [-0.2, 0) is 9.53 Å². The molecule has 1 saturated heterocycles. The maximum atomic E-state index is 11.1. The molecule has 1 heterocycles. The van der Waals surface area contributed by atoms with Gasteiger partial charge in [0.1, 0.15) is 0 Å². The van der Waals surface area contributed by atoms with Crippen molar-refractivity contribution in [1.29, 1.82) is 0 Å². The topological polar surface area (TPSA) is 38.3 Å². The van der Waals surface area contributed by atoms with Crippen molar-refractivity contribution in [3.8, 4) is 0 Å². The molecule has 0 aliphatic carbocycles. The zero-order chi connectivity index (χ0) is 9.19. The van der Waals surface area contributed by atoms with Gasteiger partial charge in [0, 0.05) is 12.0 Å². The van der Waals surface area contributed by atoms with E-state index in [4.69, 9.17) is 4.74 Å². The van der Waals surface area contributed by atoms with Gasteiger partial charge in [-0.3, -0.25) is 4.79 Å². The van der Waals surface area contributed by atoms with E-state index in [2.05, 4.69) is 28.2 Å². The van der Waals surface area contributed by atoms with Crippen molar-refractivity contribution in [2.75, 3.05) is 19.8 Å². The van der Waals surface area contributed by atoms with Gasteiger partial charge in [0.05, 0.1) is 18.0 Å². The molecule has 0 spiro atoms. The number of carbonyl (C=O) groups is 1. The van der Waals surface area contributed by atoms with Gasteiger partial charge >= 0.3 is 0 Å². The fourth-order valence-electron chi connectivity index (χ4n) is 0.994. The molecule has 1 fully saturated rings. The van der Waals surface area contributed by atoms with E-state index in [-0.39, 0.29) is 16.1 Å². The Kier molecular flexibility index (Phi) is 3.12. The zero-order valence-electron chi connectivity index (χ0n) is 7.39. The number of rotatable bonds is 3. The van der Waals surface area contributed by atoms with Crippen LogP contribution in [0.5, 0.6) is 0 Å². The first-order chi connectivity index (χ1) is 5.53. The number of halogens is 1. The average molecular weight is 236 g/mol. The molecule has 0 saturated carbocycles. The first kappa shape index (κ1) is 9.99. The molecule has 0 radical (unpaired) electrons. The number of carbonyl (C=O) groups excluding carboxylic acids is 1. The predicted molar refractivity (Wildman–Crippen MR) is 50.3 cm³/mol. The molecule has 1 rings (SSSR count). The summed E-state index contributed by atoms with van der Waals surface area (Å²) in [5.41, 5.74) is 0.164. The molecular weight excluding hydrogens is 222 g/mol. The van der Waals surface area contributed by atoms with Crippen molar-refractivity contribution >= 4 is 21.8 Å². The summed E-state index contributed by atoms with van der Waals surface area (Å²) in [5.74, 6) is 0.0446. The second-order valence-electron chi connectivity index (χ2n) is 3.64. The van der Waals surface area contributed by atoms with Crippen molar-refractivity contribution in [2.24, 2.45) is 5.41 Å². The van der Waals surface area contributed by atoms with E-state index >= 15 is 0 Å². The number of nitrogens with one attached hydrogen (secondary N) is 1. The Morgan fingerprint density at radius 2 is 2.33 bits per heavy atom. The van der Waals surface area contributed by atoms with E-state index in [1.807, 2.05) is 6.92 Å². The largest absolute Gasteiger partial charge is 0.380 e. The normalized spacial score (nSPS) is 22.6. The predicted octanol–water partition coefficient (Wildman–Crippen LogP) is 0.922. The van der Waals surface area contributed by atoms with E-state index < -0.39 is 0 Å². The molecule has 1 unspecified atom stereocenters. The number of hydrogen-bond acceptors (Lipinski definition) is 2. The first-order valence-electron chi connectivity index (χ1n) is 4.03. The van der Waals surface area contributed by atoms with Crippen molar-refractivity contribution in [3.05, 3.63) is 0 Å². The molecule has 1 aliphatic rings. The lowest BCUT2D eigenvalue weighted by molar-refractivity contribution is -0.125. The third-order valence-electron chi connectivity index (χ3n) is 1.95. The molecule has 1 amide bonds. The molecule has 1 N–H and O–H groups in total. The Bertz CT molecular complexity index is 178. The quantitative estimate of drug-likeness (QED) is 0.740. The summed E-state index contributed by atoms with van der Waals surface area (Å²) in [6, 6.07) is 0.